The number of rotatable bonds is 6. The average Bonchev–Trinajstić information content (AvgIpc) is 2.88. The molecule has 0 saturated heterocycles. The van der Waals surface area contributed by atoms with Gasteiger partial charge in [0.15, 0.2) is 0 Å². The van der Waals surface area contributed by atoms with Crippen LogP contribution < -0.4 is 5.32 Å². The number of sulfone groups is 1. The van der Waals surface area contributed by atoms with E-state index in [0.29, 0.717) is 5.92 Å². The molecule has 0 bridgehead atoms. The number of nitrogens with one attached hydrogen (secondary N) is 1. The van der Waals surface area contributed by atoms with Gasteiger partial charge in [0.2, 0.25) is 0 Å². The molecule has 0 aromatic carbocycles. The van der Waals surface area contributed by atoms with Crippen molar-refractivity contribution in [2.45, 2.75) is 56.7 Å². The van der Waals surface area contributed by atoms with Gasteiger partial charge < -0.3 is 5.32 Å². The molecule has 1 heterocycles. The normalized spacial score (nSPS) is 24.9. The molecule has 1 saturated carbocycles. The Morgan fingerprint density at radius 2 is 2.19 bits per heavy atom. The summed E-state index contributed by atoms with van der Waals surface area (Å²) in [5, 5.41) is 7.44. The van der Waals surface area contributed by atoms with Crippen LogP contribution in [0.3, 0.4) is 0 Å². The predicted octanol–water partition coefficient (Wildman–Crippen LogP) is 2.35. The fraction of sp³-hybridized carbons (Fsp3) is 0.857. The van der Waals surface area contributed by atoms with Crippen LogP contribution in [0.15, 0.2) is 0 Å². The molecule has 3 unspecified atom stereocenters. The van der Waals surface area contributed by atoms with Crippen molar-refractivity contribution in [3.63, 3.8) is 0 Å². The van der Waals surface area contributed by atoms with Crippen molar-refractivity contribution in [1.82, 2.24) is 14.9 Å². The van der Waals surface area contributed by atoms with Gasteiger partial charge in [-0.15, -0.1) is 5.10 Å². The number of nitrogens with zero attached hydrogens (tertiary/aromatic N) is 2. The molecule has 0 radical (unpaired) electrons. The molecule has 5 nitrogen and oxygen atoms in total. The highest BCUT2D eigenvalue weighted by Crippen LogP contribution is 2.38. The van der Waals surface area contributed by atoms with E-state index in [-0.39, 0.29) is 11.3 Å². The molecule has 1 aromatic rings. The van der Waals surface area contributed by atoms with Crippen LogP contribution in [0.5, 0.6) is 0 Å². The smallest absolute Gasteiger partial charge is 0.150 e. The molecular weight excluding hydrogens is 306 g/mol. The third-order valence-electron chi connectivity index (χ3n) is 4.41. The molecule has 1 N–H and O–H groups in total. The first kappa shape index (κ1) is 16.8. The lowest BCUT2D eigenvalue weighted by atomic mass is 9.82. The number of hydrogen-bond donors (Lipinski definition) is 1. The van der Waals surface area contributed by atoms with Gasteiger partial charge in [0.05, 0.1) is 15.8 Å². The summed E-state index contributed by atoms with van der Waals surface area (Å²) in [6.07, 6.45) is 6.95. The van der Waals surface area contributed by atoms with Crippen LogP contribution in [0.2, 0.25) is 0 Å². The largest absolute Gasteiger partial charge is 0.312 e. The van der Waals surface area contributed by atoms with Crippen LogP contribution in [0, 0.1) is 5.92 Å². The summed E-state index contributed by atoms with van der Waals surface area (Å²) in [6.45, 7) is 2.14. The number of aromatic nitrogens is 2. The molecule has 0 aliphatic heterocycles. The monoisotopic (exact) mass is 331 g/mol. The van der Waals surface area contributed by atoms with Crippen molar-refractivity contribution in [3.8, 4) is 0 Å². The zero-order valence-electron chi connectivity index (χ0n) is 13.0. The summed E-state index contributed by atoms with van der Waals surface area (Å²) < 4.78 is 27.8. The van der Waals surface area contributed by atoms with Crippen molar-refractivity contribution < 1.29 is 8.42 Å². The molecule has 3 atom stereocenters. The Morgan fingerprint density at radius 1 is 1.43 bits per heavy atom. The van der Waals surface area contributed by atoms with Gasteiger partial charge in [-0.2, -0.15) is 0 Å². The maximum absolute atomic E-state index is 11.9. The van der Waals surface area contributed by atoms with E-state index < -0.39 is 9.84 Å². The van der Waals surface area contributed by atoms with Gasteiger partial charge in [-0.3, -0.25) is 0 Å². The molecule has 0 amide bonds. The summed E-state index contributed by atoms with van der Waals surface area (Å²) in [5.74, 6) is 0.348. The van der Waals surface area contributed by atoms with Crippen molar-refractivity contribution in [2.24, 2.45) is 5.92 Å². The summed E-state index contributed by atoms with van der Waals surface area (Å²) in [7, 11) is -0.997. The lowest BCUT2D eigenvalue weighted by Gasteiger charge is -2.33. The van der Waals surface area contributed by atoms with Gasteiger partial charge >= 0.3 is 0 Å². The topological polar surface area (TPSA) is 72.0 Å². The first-order chi connectivity index (χ1) is 9.97. The van der Waals surface area contributed by atoms with Crippen LogP contribution in [0.4, 0.5) is 0 Å². The fourth-order valence-electron chi connectivity index (χ4n) is 3.32. The molecule has 120 valence electrons. The lowest BCUT2D eigenvalue weighted by molar-refractivity contribution is 0.284. The summed E-state index contributed by atoms with van der Waals surface area (Å²) in [6, 6.07) is 0.177. The van der Waals surface area contributed by atoms with Crippen LogP contribution in [0.1, 0.15) is 55.6 Å². The Balaban J connectivity index is 2.18. The zero-order valence-corrected chi connectivity index (χ0v) is 14.6. The standard InChI is InChI=1S/C14H25N3O2S2/c1-4-6-12-14(20-17-16-12)13(15-2)10-7-5-8-11(9-10)21(3,18)19/h10-11,13,15H,4-9H2,1-3H3. The molecule has 1 fully saturated rings. The van der Waals surface area contributed by atoms with Crippen molar-refractivity contribution in [1.29, 1.82) is 0 Å². The quantitative estimate of drug-likeness (QED) is 0.866. The van der Waals surface area contributed by atoms with Crippen molar-refractivity contribution in [3.05, 3.63) is 10.6 Å². The van der Waals surface area contributed by atoms with E-state index in [9.17, 15) is 8.42 Å². The summed E-state index contributed by atoms with van der Waals surface area (Å²) in [4.78, 5) is 1.19. The average molecular weight is 332 g/mol. The minimum absolute atomic E-state index is 0.177. The van der Waals surface area contributed by atoms with Crippen LogP contribution in [-0.4, -0.2) is 36.6 Å². The van der Waals surface area contributed by atoms with Gasteiger partial charge in [-0.05, 0) is 50.2 Å². The van der Waals surface area contributed by atoms with E-state index in [2.05, 4.69) is 21.8 Å². The van der Waals surface area contributed by atoms with E-state index in [4.69, 9.17) is 0 Å². The van der Waals surface area contributed by atoms with E-state index >= 15 is 0 Å². The Kier molecular flexibility index (Phi) is 5.73. The first-order valence-electron chi connectivity index (χ1n) is 7.64. The molecule has 1 aliphatic rings. The Hall–Kier alpha value is -0.530. The molecular formula is C14H25N3O2S2. The van der Waals surface area contributed by atoms with Gasteiger partial charge in [0, 0.05) is 12.3 Å². The Bertz CT molecular complexity index is 556. The van der Waals surface area contributed by atoms with Crippen molar-refractivity contribution >= 4 is 21.4 Å². The van der Waals surface area contributed by atoms with E-state index in [1.807, 2.05) is 7.05 Å². The Morgan fingerprint density at radius 3 is 2.81 bits per heavy atom. The maximum Gasteiger partial charge on any atom is 0.150 e. The van der Waals surface area contributed by atoms with E-state index in [1.165, 1.54) is 22.7 Å². The third kappa shape index (κ3) is 4.02. The van der Waals surface area contributed by atoms with Crippen LogP contribution in [0.25, 0.3) is 0 Å². The second-order valence-corrected chi connectivity index (χ2v) is 9.09. The number of aryl methyl sites for hydroxylation is 1. The van der Waals surface area contributed by atoms with E-state index in [0.717, 1.165) is 44.2 Å². The highest BCUT2D eigenvalue weighted by molar-refractivity contribution is 7.91. The lowest BCUT2D eigenvalue weighted by Crippen LogP contribution is -2.34. The SMILES string of the molecule is CCCc1nnsc1C(NC)C1CCCC(S(C)(=O)=O)C1. The second kappa shape index (κ2) is 7.15. The summed E-state index contributed by atoms with van der Waals surface area (Å²) in [5.41, 5.74) is 1.07. The van der Waals surface area contributed by atoms with Crippen LogP contribution >= 0.6 is 11.5 Å². The fourth-order valence-corrected chi connectivity index (χ4v) is 5.41. The highest BCUT2D eigenvalue weighted by Gasteiger charge is 2.34. The zero-order chi connectivity index (χ0) is 15.5. The predicted molar refractivity (Wildman–Crippen MR) is 86.3 cm³/mol. The second-order valence-electron chi connectivity index (χ2n) is 5.98. The van der Waals surface area contributed by atoms with E-state index in [1.54, 1.807) is 0 Å². The third-order valence-corrected chi connectivity index (χ3v) is 6.90. The molecule has 1 aromatic heterocycles. The van der Waals surface area contributed by atoms with Gasteiger partial charge in [0.1, 0.15) is 9.84 Å². The van der Waals surface area contributed by atoms with Crippen LogP contribution in [-0.2, 0) is 16.3 Å². The molecule has 0 spiro atoms. The van der Waals surface area contributed by atoms with Crippen molar-refractivity contribution in [2.75, 3.05) is 13.3 Å². The summed E-state index contributed by atoms with van der Waals surface area (Å²) >= 11 is 1.45. The number of hydrogen-bond acceptors (Lipinski definition) is 6. The van der Waals surface area contributed by atoms with Gasteiger partial charge in [-0.25, -0.2) is 8.42 Å². The van der Waals surface area contributed by atoms with Gasteiger partial charge in [-0.1, -0.05) is 24.3 Å². The molecule has 2 rings (SSSR count). The molecule has 1 aliphatic carbocycles. The molecule has 21 heavy (non-hydrogen) atoms. The minimum atomic E-state index is -2.95. The first-order valence-corrected chi connectivity index (χ1v) is 10.4. The van der Waals surface area contributed by atoms with Gasteiger partial charge in [0.25, 0.3) is 0 Å². The molecule has 7 heteroatoms. The maximum atomic E-state index is 11.9. The Labute approximate surface area is 131 Å². The minimum Gasteiger partial charge on any atom is -0.312 e. The highest BCUT2D eigenvalue weighted by atomic mass is 32.2.